The van der Waals surface area contributed by atoms with Crippen molar-refractivity contribution in [2.24, 2.45) is 0 Å². The molecule has 0 fully saturated rings. The first-order valence-corrected chi connectivity index (χ1v) is 11.6. The number of para-hydroxylation sites is 2. The Kier molecular flexibility index (Phi) is 7.50. The SMILES string of the molecule is COc1ccccc1O[C@@H](C)C(=O)Nc1ccc(S(=O)(=O)Nc2ccc(Cl)cc2Cl)cc1. The summed E-state index contributed by atoms with van der Waals surface area (Å²) in [6.45, 7) is 1.60. The summed E-state index contributed by atoms with van der Waals surface area (Å²) >= 11 is 11.9. The van der Waals surface area contributed by atoms with E-state index < -0.39 is 22.0 Å². The molecule has 1 amide bonds. The predicted molar refractivity (Wildman–Crippen MR) is 125 cm³/mol. The first-order valence-electron chi connectivity index (χ1n) is 9.38. The Bertz CT molecular complexity index is 1220. The summed E-state index contributed by atoms with van der Waals surface area (Å²) in [5.41, 5.74) is 0.615. The van der Waals surface area contributed by atoms with E-state index in [1.54, 1.807) is 31.2 Å². The molecular weight excluding hydrogens is 475 g/mol. The number of amides is 1. The third kappa shape index (κ3) is 5.85. The fourth-order valence-corrected chi connectivity index (χ4v) is 4.29. The van der Waals surface area contributed by atoms with Crippen molar-refractivity contribution in [2.45, 2.75) is 17.9 Å². The van der Waals surface area contributed by atoms with Crippen LogP contribution in [0.15, 0.2) is 71.6 Å². The highest BCUT2D eigenvalue weighted by atomic mass is 35.5. The number of hydrogen-bond donors (Lipinski definition) is 2. The van der Waals surface area contributed by atoms with Gasteiger partial charge >= 0.3 is 0 Å². The highest BCUT2D eigenvalue weighted by Gasteiger charge is 2.19. The van der Waals surface area contributed by atoms with E-state index in [4.69, 9.17) is 32.7 Å². The molecule has 0 saturated heterocycles. The van der Waals surface area contributed by atoms with Crippen molar-refractivity contribution in [3.8, 4) is 11.5 Å². The minimum atomic E-state index is -3.89. The van der Waals surface area contributed by atoms with Gasteiger partial charge in [-0.05, 0) is 61.5 Å². The Balaban J connectivity index is 1.66. The Morgan fingerprint density at radius 3 is 2.25 bits per heavy atom. The largest absolute Gasteiger partial charge is 0.493 e. The predicted octanol–water partition coefficient (Wildman–Crippen LogP) is 5.21. The van der Waals surface area contributed by atoms with Gasteiger partial charge in [-0.15, -0.1) is 0 Å². The molecule has 0 aliphatic carbocycles. The van der Waals surface area contributed by atoms with Crippen LogP contribution in [0.4, 0.5) is 11.4 Å². The topological polar surface area (TPSA) is 93.7 Å². The second-order valence-electron chi connectivity index (χ2n) is 6.65. The first-order chi connectivity index (χ1) is 15.2. The molecule has 3 rings (SSSR count). The monoisotopic (exact) mass is 494 g/mol. The van der Waals surface area contributed by atoms with Gasteiger partial charge < -0.3 is 14.8 Å². The van der Waals surface area contributed by atoms with E-state index in [9.17, 15) is 13.2 Å². The van der Waals surface area contributed by atoms with Crippen LogP contribution in [0, 0.1) is 0 Å². The van der Waals surface area contributed by atoms with Crippen molar-refractivity contribution < 1.29 is 22.7 Å². The van der Waals surface area contributed by atoms with Crippen molar-refractivity contribution in [1.29, 1.82) is 0 Å². The van der Waals surface area contributed by atoms with Crippen LogP contribution in [0.3, 0.4) is 0 Å². The molecule has 1 atom stereocenters. The molecule has 0 aliphatic heterocycles. The molecule has 10 heteroatoms. The average molecular weight is 495 g/mol. The highest BCUT2D eigenvalue weighted by Crippen LogP contribution is 2.29. The van der Waals surface area contributed by atoms with E-state index >= 15 is 0 Å². The third-order valence-electron chi connectivity index (χ3n) is 4.35. The summed E-state index contributed by atoms with van der Waals surface area (Å²) in [6, 6.07) is 17.1. The van der Waals surface area contributed by atoms with Gasteiger partial charge in [0.15, 0.2) is 17.6 Å². The molecule has 0 aliphatic rings. The maximum Gasteiger partial charge on any atom is 0.265 e. The lowest BCUT2D eigenvalue weighted by Gasteiger charge is -2.16. The fraction of sp³-hybridized carbons (Fsp3) is 0.136. The molecule has 0 bridgehead atoms. The van der Waals surface area contributed by atoms with Gasteiger partial charge in [0, 0.05) is 10.7 Å². The van der Waals surface area contributed by atoms with Crippen LogP contribution in [0.25, 0.3) is 0 Å². The first kappa shape index (κ1) is 23.7. The van der Waals surface area contributed by atoms with Crippen molar-refractivity contribution in [3.63, 3.8) is 0 Å². The lowest BCUT2D eigenvalue weighted by molar-refractivity contribution is -0.122. The number of carbonyl (C=O) groups excluding carboxylic acids is 1. The summed E-state index contributed by atoms with van der Waals surface area (Å²) < 4.78 is 38.5. The molecular formula is C22H20Cl2N2O5S. The van der Waals surface area contributed by atoms with Crippen LogP contribution >= 0.6 is 23.2 Å². The van der Waals surface area contributed by atoms with E-state index in [0.717, 1.165) is 0 Å². The number of benzene rings is 3. The Labute approximate surface area is 196 Å². The molecule has 0 heterocycles. The molecule has 0 aromatic heterocycles. The average Bonchev–Trinajstić information content (AvgIpc) is 2.76. The second kappa shape index (κ2) is 10.1. The number of rotatable bonds is 8. The Morgan fingerprint density at radius 2 is 1.62 bits per heavy atom. The van der Waals surface area contributed by atoms with Gasteiger partial charge in [-0.1, -0.05) is 35.3 Å². The van der Waals surface area contributed by atoms with Crippen LogP contribution in [-0.4, -0.2) is 27.5 Å². The number of halogens is 2. The van der Waals surface area contributed by atoms with Crippen LogP contribution in [0.5, 0.6) is 11.5 Å². The van der Waals surface area contributed by atoms with Crippen LogP contribution in [0.1, 0.15) is 6.92 Å². The zero-order chi connectivity index (χ0) is 23.3. The summed E-state index contributed by atoms with van der Waals surface area (Å²) in [5.74, 6) is 0.540. The van der Waals surface area contributed by atoms with E-state index in [2.05, 4.69) is 10.0 Å². The lowest BCUT2D eigenvalue weighted by Crippen LogP contribution is -2.30. The van der Waals surface area contributed by atoms with Gasteiger partial charge in [0.2, 0.25) is 0 Å². The number of hydrogen-bond acceptors (Lipinski definition) is 5. The van der Waals surface area contributed by atoms with E-state index in [-0.39, 0.29) is 15.6 Å². The van der Waals surface area contributed by atoms with Crippen LogP contribution in [0.2, 0.25) is 10.0 Å². The zero-order valence-electron chi connectivity index (χ0n) is 17.1. The standard InChI is InChI=1S/C22H20Cl2N2O5S/c1-14(31-21-6-4-3-5-20(21)30-2)22(27)25-16-8-10-17(11-9-16)32(28,29)26-19-12-7-15(23)13-18(19)24/h3-14,26H,1-2H3,(H,25,27)/t14-/m0/s1. The van der Waals surface area contributed by atoms with Gasteiger partial charge in [-0.2, -0.15) is 0 Å². The lowest BCUT2D eigenvalue weighted by atomic mass is 10.3. The van der Waals surface area contributed by atoms with E-state index in [1.165, 1.54) is 49.6 Å². The minimum absolute atomic E-state index is 0.000152. The molecule has 2 N–H and O–H groups in total. The normalized spacial score (nSPS) is 12.0. The minimum Gasteiger partial charge on any atom is -0.493 e. The fourth-order valence-electron chi connectivity index (χ4n) is 2.70. The Morgan fingerprint density at radius 1 is 0.969 bits per heavy atom. The molecule has 0 unspecified atom stereocenters. The third-order valence-corrected chi connectivity index (χ3v) is 6.28. The van der Waals surface area contributed by atoms with Crippen molar-refractivity contribution in [2.75, 3.05) is 17.1 Å². The van der Waals surface area contributed by atoms with Gasteiger partial charge in [0.05, 0.1) is 22.7 Å². The van der Waals surface area contributed by atoms with Gasteiger partial charge in [0.1, 0.15) is 0 Å². The van der Waals surface area contributed by atoms with Crippen LogP contribution < -0.4 is 19.5 Å². The van der Waals surface area contributed by atoms with Crippen molar-refractivity contribution in [3.05, 3.63) is 76.8 Å². The molecule has 0 radical (unpaired) electrons. The smallest absolute Gasteiger partial charge is 0.265 e. The number of nitrogens with one attached hydrogen (secondary N) is 2. The van der Waals surface area contributed by atoms with Gasteiger partial charge in [0.25, 0.3) is 15.9 Å². The maximum atomic E-state index is 12.6. The van der Waals surface area contributed by atoms with Gasteiger partial charge in [-0.3, -0.25) is 9.52 Å². The summed E-state index contributed by atoms with van der Waals surface area (Å²) in [6.07, 6.45) is -0.816. The van der Waals surface area contributed by atoms with E-state index in [0.29, 0.717) is 22.2 Å². The molecule has 3 aromatic carbocycles. The van der Waals surface area contributed by atoms with E-state index in [1.807, 2.05) is 0 Å². The summed E-state index contributed by atoms with van der Waals surface area (Å²) in [5, 5.41) is 3.25. The number of methoxy groups -OCH3 is 1. The second-order valence-corrected chi connectivity index (χ2v) is 9.18. The maximum absolute atomic E-state index is 12.6. The van der Waals surface area contributed by atoms with Crippen LogP contribution in [-0.2, 0) is 14.8 Å². The Hall–Kier alpha value is -2.94. The quantitative estimate of drug-likeness (QED) is 0.448. The molecule has 0 spiro atoms. The number of carbonyl (C=O) groups is 1. The molecule has 32 heavy (non-hydrogen) atoms. The number of ether oxygens (including phenoxy) is 2. The van der Waals surface area contributed by atoms with Crippen molar-refractivity contribution >= 4 is 50.5 Å². The molecule has 168 valence electrons. The van der Waals surface area contributed by atoms with Gasteiger partial charge in [-0.25, -0.2) is 8.42 Å². The summed E-state index contributed by atoms with van der Waals surface area (Å²) in [7, 11) is -2.38. The molecule has 3 aromatic rings. The molecule has 0 saturated carbocycles. The molecule has 7 nitrogen and oxygen atoms in total. The van der Waals surface area contributed by atoms with Crippen molar-refractivity contribution in [1.82, 2.24) is 0 Å². The zero-order valence-corrected chi connectivity index (χ0v) is 19.5. The highest BCUT2D eigenvalue weighted by molar-refractivity contribution is 7.92. The summed E-state index contributed by atoms with van der Waals surface area (Å²) in [4.78, 5) is 12.5. The number of anilines is 2. The number of sulfonamides is 1.